The number of unbranched alkanes of at least 4 members (excludes halogenated alkanes) is 1. The van der Waals surface area contributed by atoms with Gasteiger partial charge in [0.2, 0.25) is 0 Å². The molecule has 0 nitrogen and oxygen atoms in total. The van der Waals surface area contributed by atoms with Gasteiger partial charge in [0.25, 0.3) is 0 Å². The standard InChI is InChI=1S/C30H29F3/c1-3-5-6-24-15-18-27(30(33)29(24)32)23-13-11-21(12-14-23)25-16-17-26(28(31)19-25)22-9-7-20(4-2)8-10-22/h4,9,11-20H,2-3,5-8,10H2,1H3. The molecule has 33 heavy (non-hydrogen) atoms. The van der Waals surface area contributed by atoms with E-state index < -0.39 is 11.6 Å². The van der Waals surface area contributed by atoms with Gasteiger partial charge in [-0.1, -0.05) is 74.0 Å². The van der Waals surface area contributed by atoms with E-state index in [9.17, 15) is 13.2 Å². The Balaban J connectivity index is 1.55. The molecular formula is C30H29F3. The van der Waals surface area contributed by atoms with Gasteiger partial charge in [-0.05, 0) is 71.9 Å². The first kappa shape index (κ1) is 23.1. The van der Waals surface area contributed by atoms with Crippen molar-refractivity contribution in [2.45, 2.75) is 45.4 Å². The van der Waals surface area contributed by atoms with E-state index in [1.165, 1.54) is 0 Å². The molecule has 0 N–H and O–H groups in total. The highest BCUT2D eigenvalue weighted by molar-refractivity contribution is 5.74. The van der Waals surface area contributed by atoms with Gasteiger partial charge in [0, 0.05) is 11.1 Å². The maximum Gasteiger partial charge on any atom is 0.166 e. The van der Waals surface area contributed by atoms with Crippen LogP contribution in [0.4, 0.5) is 13.2 Å². The molecule has 1 atom stereocenters. The third kappa shape index (κ3) is 4.98. The van der Waals surface area contributed by atoms with Crippen LogP contribution in [0.3, 0.4) is 0 Å². The van der Waals surface area contributed by atoms with Crippen molar-refractivity contribution in [1.82, 2.24) is 0 Å². The summed E-state index contributed by atoms with van der Waals surface area (Å²) in [7, 11) is 0. The Kier molecular flexibility index (Phi) is 7.17. The van der Waals surface area contributed by atoms with Crippen molar-refractivity contribution in [3.05, 3.63) is 102 Å². The van der Waals surface area contributed by atoms with Crippen molar-refractivity contribution in [3.8, 4) is 22.3 Å². The maximum atomic E-state index is 14.9. The van der Waals surface area contributed by atoms with Crippen molar-refractivity contribution in [2.75, 3.05) is 0 Å². The van der Waals surface area contributed by atoms with Crippen molar-refractivity contribution in [2.24, 2.45) is 5.92 Å². The topological polar surface area (TPSA) is 0 Å². The second-order valence-corrected chi connectivity index (χ2v) is 8.78. The Morgan fingerprint density at radius 3 is 2.21 bits per heavy atom. The van der Waals surface area contributed by atoms with Gasteiger partial charge >= 0.3 is 0 Å². The zero-order valence-corrected chi connectivity index (χ0v) is 19.0. The van der Waals surface area contributed by atoms with Gasteiger partial charge < -0.3 is 0 Å². The summed E-state index contributed by atoms with van der Waals surface area (Å²) in [6.07, 6.45) is 9.12. The van der Waals surface area contributed by atoms with Crippen LogP contribution in [0, 0.1) is 23.4 Å². The summed E-state index contributed by atoms with van der Waals surface area (Å²) in [5.74, 6) is -1.35. The van der Waals surface area contributed by atoms with Crippen LogP contribution >= 0.6 is 0 Å². The molecule has 0 saturated heterocycles. The summed E-state index contributed by atoms with van der Waals surface area (Å²) in [6, 6.07) is 15.8. The van der Waals surface area contributed by atoms with Gasteiger partial charge in [-0.15, -0.1) is 6.58 Å². The molecule has 0 spiro atoms. The van der Waals surface area contributed by atoms with Gasteiger partial charge in [0.05, 0.1) is 0 Å². The molecule has 170 valence electrons. The number of allylic oxidation sites excluding steroid dienone is 3. The lowest BCUT2D eigenvalue weighted by Crippen LogP contribution is -2.03. The van der Waals surface area contributed by atoms with E-state index in [-0.39, 0.29) is 11.4 Å². The first-order valence-electron chi connectivity index (χ1n) is 11.7. The second-order valence-electron chi connectivity index (χ2n) is 8.78. The number of rotatable bonds is 7. The smallest absolute Gasteiger partial charge is 0.166 e. The van der Waals surface area contributed by atoms with Crippen LogP contribution in [0.5, 0.6) is 0 Å². The highest BCUT2D eigenvalue weighted by Crippen LogP contribution is 2.34. The van der Waals surface area contributed by atoms with Gasteiger partial charge in [0.1, 0.15) is 5.82 Å². The maximum absolute atomic E-state index is 14.9. The molecule has 3 heteroatoms. The van der Waals surface area contributed by atoms with Crippen LogP contribution in [0.25, 0.3) is 27.8 Å². The third-order valence-electron chi connectivity index (χ3n) is 6.59. The predicted molar refractivity (Wildman–Crippen MR) is 131 cm³/mol. The van der Waals surface area contributed by atoms with E-state index in [0.29, 0.717) is 29.0 Å². The van der Waals surface area contributed by atoms with Crippen molar-refractivity contribution in [3.63, 3.8) is 0 Å². The Morgan fingerprint density at radius 2 is 1.58 bits per heavy atom. The minimum Gasteiger partial charge on any atom is -0.206 e. The molecule has 0 fully saturated rings. The van der Waals surface area contributed by atoms with Crippen molar-refractivity contribution < 1.29 is 13.2 Å². The van der Waals surface area contributed by atoms with Gasteiger partial charge in [-0.25, -0.2) is 13.2 Å². The Labute approximate surface area is 194 Å². The summed E-state index contributed by atoms with van der Waals surface area (Å²) in [4.78, 5) is 0. The summed E-state index contributed by atoms with van der Waals surface area (Å²) in [5, 5.41) is 0. The summed E-state index contributed by atoms with van der Waals surface area (Å²) >= 11 is 0. The Hall–Kier alpha value is -3.07. The summed E-state index contributed by atoms with van der Waals surface area (Å²) in [5.41, 5.74) is 4.53. The summed E-state index contributed by atoms with van der Waals surface area (Å²) < 4.78 is 44.1. The lowest BCUT2D eigenvalue weighted by molar-refractivity contribution is 0.499. The first-order valence-corrected chi connectivity index (χ1v) is 11.7. The zero-order valence-electron chi connectivity index (χ0n) is 19.0. The van der Waals surface area contributed by atoms with Gasteiger partial charge in [-0.3, -0.25) is 0 Å². The molecule has 1 unspecified atom stereocenters. The molecule has 0 bridgehead atoms. The van der Waals surface area contributed by atoms with Gasteiger partial charge in [0.15, 0.2) is 11.6 Å². The molecule has 1 aliphatic carbocycles. The van der Waals surface area contributed by atoms with Crippen molar-refractivity contribution in [1.29, 1.82) is 0 Å². The minimum absolute atomic E-state index is 0.239. The van der Waals surface area contributed by atoms with E-state index in [1.54, 1.807) is 30.3 Å². The number of hydrogen-bond donors (Lipinski definition) is 0. The molecule has 4 rings (SSSR count). The number of benzene rings is 3. The molecule has 3 aromatic rings. The lowest BCUT2D eigenvalue weighted by atomic mass is 9.86. The van der Waals surface area contributed by atoms with Crippen LogP contribution in [0.2, 0.25) is 0 Å². The fourth-order valence-electron chi connectivity index (χ4n) is 4.48. The fraction of sp³-hybridized carbons (Fsp3) is 0.267. The molecule has 0 aromatic heterocycles. The third-order valence-corrected chi connectivity index (χ3v) is 6.59. The van der Waals surface area contributed by atoms with E-state index in [4.69, 9.17) is 0 Å². The van der Waals surface area contributed by atoms with Crippen LogP contribution < -0.4 is 0 Å². The van der Waals surface area contributed by atoms with E-state index in [0.717, 1.165) is 48.8 Å². The molecule has 0 saturated carbocycles. The average Bonchev–Trinajstić information content (AvgIpc) is 2.85. The van der Waals surface area contributed by atoms with Crippen LogP contribution in [-0.4, -0.2) is 0 Å². The summed E-state index contributed by atoms with van der Waals surface area (Å²) in [6.45, 7) is 5.87. The van der Waals surface area contributed by atoms with E-state index in [2.05, 4.69) is 12.7 Å². The molecular weight excluding hydrogens is 417 g/mol. The van der Waals surface area contributed by atoms with E-state index in [1.807, 2.05) is 37.3 Å². The largest absolute Gasteiger partial charge is 0.206 e. The van der Waals surface area contributed by atoms with Crippen LogP contribution in [-0.2, 0) is 6.42 Å². The molecule has 0 heterocycles. The highest BCUT2D eigenvalue weighted by atomic mass is 19.2. The van der Waals surface area contributed by atoms with Crippen LogP contribution in [0.1, 0.15) is 50.2 Å². The normalized spacial score (nSPS) is 15.9. The fourth-order valence-corrected chi connectivity index (χ4v) is 4.48. The van der Waals surface area contributed by atoms with E-state index >= 15 is 0 Å². The Morgan fingerprint density at radius 1 is 0.879 bits per heavy atom. The quantitative estimate of drug-likeness (QED) is 0.317. The lowest BCUT2D eigenvalue weighted by Gasteiger charge is -2.19. The molecule has 0 radical (unpaired) electrons. The van der Waals surface area contributed by atoms with Crippen LogP contribution in [0.15, 0.2) is 73.3 Å². The predicted octanol–water partition coefficient (Wildman–Crippen LogP) is 9.15. The molecule has 0 amide bonds. The van der Waals surface area contributed by atoms with Crippen molar-refractivity contribution >= 4 is 5.57 Å². The SMILES string of the molecule is C=CC1CC=C(c2ccc(-c3ccc(-c4ccc(CCCC)c(F)c4F)cc3)cc2F)CC1. The number of hydrogen-bond acceptors (Lipinski definition) is 0. The van der Waals surface area contributed by atoms with Gasteiger partial charge in [-0.2, -0.15) is 0 Å². The highest BCUT2D eigenvalue weighted by Gasteiger charge is 2.17. The molecule has 3 aromatic carbocycles. The zero-order chi connectivity index (χ0) is 23.4. The molecule has 0 aliphatic heterocycles. The second kappa shape index (κ2) is 10.2. The monoisotopic (exact) mass is 446 g/mol. The Bertz CT molecular complexity index is 1170. The molecule has 1 aliphatic rings. The average molecular weight is 447 g/mol. The first-order chi connectivity index (χ1) is 16.0. The number of aryl methyl sites for hydroxylation is 1. The number of halogens is 3. The minimum atomic E-state index is -0.814.